The van der Waals surface area contributed by atoms with E-state index in [1.165, 1.54) is 12.1 Å². The van der Waals surface area contributed by atoms with Gasteiger partial charge in [-0.3, -0.25) is 4.68 Å². The Hall–Kier alpha value is -3.29. The maximum absolute atomic E-state index is 12.5. The first-order valence-corrected chi connectivity index (χ1v) is 8.17. The molecule has 0 bridgehead atoms. The lowest BCUT2D eigenvalue weighted by atomic mass is 10.1. The molecule has 0 saturated heterocycles. The van der Waals surface area contributed by atoms with Gasteiger partial charge in [-0.15, -0.1) is 0 Å². The lowest BCUT2D eigenvalue weighted by molar-refractivity contribution is -0.137. The van der Waals surface area contributed by atoms with Gasteiger partial charge in [0.25, 0.3) is 0 Å². The predicted octanol–water partition coefficient (Wildman–Crippen LogP) is 4.27. The number of benzene rings is 2. The molecule has 1 heterocycles. The maximum atomic E-state index is 12.5. The number of rotatable bonds is 5. The molecule has 1 aromatic heterocycles. The van der Waals surface area contributed by atoms with Crippen molar-refractivity contribution in [1.82, 2.24) is 15.1 Å². The highest BCUT2D eigenvalue weighted by Crippen LogP contribution is 2.29. The third kappa shape index (κ3) is 5.34. The highest BCUT2D eigenvalue weighted by Gasteiger charge is 2.29. The lowest BCUT2D eigenvalue weighted by Crippen LogP contribution is -2.28. The van der Waals surface area contributed by atoms with E-state index in [1.807, 2.05) is 41.2 Å². The summed E-state index contributed by atoms with van der Waals surface area (Å²) in [4.78, 5) is 11.9. The number of nitrogens with zero attached hydrogens (tertiary/aromatic N) is 2. The summed E-state index contributed by atoms with van der Waals surface area (Å²) >= 11 is 0. The molecular formula is C19H17F3N4O. The average Bonchev–Trinajstić information content (AvgIpc) is 3.14. The van der Waals surface area contributed by atoms with Crippen molar-refractivity contribution in [1.29, 1.82) is 0 Å². The van der Waals surface area contributed by atoms with Gasteiger partial charge in [0.2, 0.25) is 0 Å². The topological polar surface area (TPSA) is 59.0 Å². The molecule has 0 atom stereocenters. The van der Waals surface area contributed by atoms with Crippen LogP contribution >= 0.6 is 0 Å². The zero-order valence-electron chi connectivity index (χ0n) is 14.2. The Balaban J connectivity index is 1.48. The van der Waals surface area contributed by atoms with Crippen molar-refractivity contribution in [2.75, 3.05) is 5.32 Å². The SMILES string of the molecule is O=C(NCc1ccc(Cn2cccn2)cc1)Nc1ccc(C(F)(F)F)cc1. The number of nitrogens with one attached hydrogen (secondary N) is 2. The van der Waals surface area contributed by atoms with Crippen molar-refractivity contribution in [2.45, 2.75) is 19.3 Å². The van der Waals surface area contributed by atoms with Gasteiger partial charge in [-0.05, 0) is 41.5 Å². The van der Waals surface area contributed by atoms with Crippen LogP contribution in [-0.4, -0.2) is 15.8 Å². The summed E-state index contributed by atoms with van der Waals surface area (Å²) in [5.74, 6) is 0. The third-order valence-corrected chi connectivity index (χ3v) is 3.85. The number of carbonyl (C=O) groups is 1. The van der Waals surface area contributed by atoms with E-state index < -0.39 is 17.8 Å². The van der Waals surface area contributed by atoms with Crippen molar-refractivity contribution in [2.24, 2.45) is 0 Å². The zero-order valence-corrected chi connectivity index (χ0v) is 14.2. The van der Waals surface area contributed by atoms with E-state index in [2.05, 4.69) is 15.7 Å². The van der Waals surface area contributed by atoms with Gasteiger partial charge in [-0.1, -0.05) is 24.3 Å². The molecule has 0 saturated carbocycles. The number of amides is 2. The summed E-state index contributed by atoms with van der Waals surface area (Å²) < 4.78 is 39.4. The molecule has 3 rings (SSSR count). The van der Waals surface area contributed by atoms with E-state index in [0.717, 1.165) is 23.3 Å². The average molecular weight is 374 g/mol. The monoisotopic (exact) mass is 374 g/mol. The van der Waals surface area contributed by atoms with Crippen molar-refractivity contribution in [3.05, 3.63) is 83.7 Å². The summed E-state index contributed by atoms with van der Waals surface area (Å²) in [5.41, 5.74) is 1.51. The molecule has 2 N–H and O–H groups in total. The number of halogens is 3. The molecule has 0 aliphatic heterocycles. The van der Waals surface area contributed by atoms with Crippen LogP contribution in [0.1, 0.15) is 16.7 Å². The Morgan fingerprint density at radius 1 is 1.00 bits per heavy atom. The first kappa shape index (κ1) is 18.5. The second-order valence-corrected chi connectivity index (χ2v) is 5.90. The van der Waals surface area contributed by atoms with Crippen LogP contribution in [-0.2, 0) is 19.3 Å². The van der Waals surface area contributed by atoms with Gasteiger partial charge in [0.15, 0.2) is 0 Å². The molecular weight excluding hydrogens is 357 g/mol. The van der Waals surface area contributed by atoms with Crippen LogP contribution in [0.5, 0.6) is 0 Å². The van der Waals surface area contributed by atoms with Crippen LogP contribution in [0.4, 0.5) is 23.7 Å². The van der Waals surface area contributed by atoms with E-state index in [1.54, 1.807) is 6.20 Å². The fourth-order valence-electron chi connectivity index (χ4n) is 2.44. The Labute approximate surface area is 153 Å². The van der Waals surface area contributed by atoms with Gasteiger partial charge in [0, 0.05) is 24.6 Å². The van der Waals surface area contributed by atoms with E-state index in [0.29, 0.717) is 13.1 Å². The van der Waals surface area contributed by atoms with Gasteiger partial charge < -0.3 is 10.6 Å². The minimum atomic E-state index is -4.40. The Morgan fingerprint density at radius 3 is 2.26 bits per heavy atom. The number of alkyl halides is 3. The fraction of sp³-hybridized carbons (Fsp3) is 0.158. The van der Waals surface area contributed by atoms with E-state index in [9.17, 15) is 18.0 Å². The Kier molecular flexibility index (Phi) is 5.44. The standard InChI is InChI=1S/C19H17F3N4O/c20-19(21,22)16-6-8-17(9-7-16)25-18(27)23-12-14-2-4-15(5-3-14)13-26-11-1-10-24-26/h1-11H,12-13H2,(H2,23,25,27). The molecule has 5 nitrogen and oxygen atoms in total. The van der Waals surface area contributed by atoms with Crippen LogP contribution < -0.4 is 10.6 Å². The molecule has 27 heavy (non-hydrogen) atoms. The number of aromatic nitrogens is 2. The van der Waals surface area contributed by atoms with Crippen molar-refractivity contribution >= 4 is 11.7 Å². The molecule has 140 valence electrons. The minimum Gasteiger partial charge on any atom is -0.334 e. The molecule has 2 aromatic carbocycles. The molecule has 0 spiro atoms. The quantitative estimate of drug-likeness (QED) is 0.701. The molecule has 0 radical (unpaired) electrons. The predicted molar refractivity (Wildman–Crippen MR) is 95.1 cm³/mol. The first-order chi connectivity index (χ1) is 12.9. The fourth-order valence-corrected chi connectivity index (χ4v) is 2.44. The van der Waals surface area contributed by atoms with Crippen molar-refractivity contribution in [3.8, 4) is 0 Å². The van der Waals surface area contributed by atoms with Crippen molar-refractivity contribution in [3.63, 3.8) is 0 Å². The molecule has 0 aliphatic rings. The van der Waals surface area contributed by atoms with Gasteiger partial charge in [0.05, 0.1) is 12.1 Å². The molecule has 3 aromatic rings. The molecule has 0 aliphatic carbocycles. The number of urea groups is 1. The summed E-state index contributed by atoms with van der Waals surface area (Å²) in [5, 5.41) is 9.31. The first-order valence-electron chi connectivity index (χ1n) is 8.17. The normalized spacial score (nSPS) is 11.2. The number of hydrogen-bond acceptors (Lipinski definition) is 2. The van der Waals surface area contributed by atoms with Crippen molar-refractivity contribution < 1.29 is 18.0 Å². The second kappa shape index (κ2) is 7.94. The van der Waals surface area contributed by atoms with E-state index in [-0.39, 0.29) is 5.69 Å². The minimum absolute atomic E-state index is 0.287. The molecule has 2 amide bonds. The zero-order chi connectivity index (χ0) is 19.3. The number of carbonyl (C=O) groups excluding carboxylic acids is 1. The summed E-state index contributed by atoms with van der Waals surface area (Å²) in [6, 6.07) is 13.3. The van der Waals surface area contributed by atoms with E-state index >= 15 is 0 Å². The van der Waals surface area contributed by atoms with Crippen LogP contribution in [0.2, 0.25) is 0 Å². The highest BCUT2D eigenvalue weighted by molar-refractivity contribution is 5.89. The molecule has 0 fully saturated rings. The van der Waals surface area contributed by atoms with Gasteiger partial charge in [-0.2, -0.15) is 18.3 Å². The maximum Gasteiger partial charge on any atom is 0.416 e. The van der Waals surface area contributed by atoms with Gasteiger partial charge in [0.1, 0.15) is 0 Å². The number of anilines is 1. The summed E-state index contributed by atoms with van der Waals surface area (Å²) in [6.07, 6.45) is -0.807. The van der Waals surface area contributed by atoms with Gasteiger partial charge in [-0.25, -0.2) is 4.79 Å². The molecule has 8 heteroatoms. The third-order valence-electron chi connectivity index (χ3n) is 3.85. The highest BCUT2D eigenvalue weighted by atomic mass is 19.4. The largest absolute Gasteiger partial charge is 0.416 e. The van der Waals surface area contributed by atoms with Crippen LogP contribution in [0.25, 0.3) is 0 Å². The summed E-state index contributed by atoms with van der Waals surface area (Å²) in [6.45, 7) is 0.962. The molecule has 0 unspecified atom stereocenters. The lowest BCUT2D eigenvalue weighted by Gasteiger charge is -2.10. The van der Waals surface area contributed by atoms with Gasteiger partial charge >= 0.3 is 12.2 Å². The van der Waals surface area contributed by atoms with Crippen LogP contribution in [0.15, 0.2) is 67.0 Å². The van der Waals surface area contributed by atoms with Crippen LogP contribution in [0, 0.1) is 0 Å². The summed E-state index contributed by atoms with van der Waals surface area (Å²) in [7, 11) is 0. The second-order valence-electron chi connectivity index (χ2n) is 5.90. The van der Waals surface area contributed by atoms with E-state index in [4.69, 9.17) is 0 Å². The number of hydrogen-bond donors (Lipinski definition) is 2. The van der Waals surface area contributed by atoms with Crippen LogP contribution in [0.3, 0.4) is 0 Å². The smallest absolute Gasteiger partial charge is 0.334 e. The Bertz CT molecular complexity index is 873. The Morgan fingerprint density at radius 2 is 1.67 bits per heavy atom.